The van der Waals surface area contributed by atoms with Gasteiger partial charge in [0.25, 0.3) is 0 Å². The molecule has 96 heavy (non-hydrogen) atoms. The van der Waals surface area contributed by atoms with Gasteiger partial charge in [-0.3, -0.25) is 0 Å². The minimum Gasteiger partial charge on any atom is -0.493 e. The number of fused-ring (bicyclic) bond motifs is 3. The SMILES string of the molecule is C=CCCOc1ccc(OCCOCCOCCOc2ccc(-c3ccc4ccc5ccc(-c6ccc(OCCOCCOCCOc7ccc(OCCOCCOCCOc8ccc(-c9cccc(-c%10ccc(OCCC=C)nc%10)n9)cn8)cc7)cc6)nc5c4n3)cc2)cc1. The van der Waals surface area contributed by atoms with Gasteiger partial charge in [0, 0.05) is 57.6 Å². The molecule has 5 aromatic heterocycles. The summed E-state index contributed by atoms with van der Waals surface area (Å²) in [5, 5.41) is 2.02. The highest BCUT2D eigenvalue weighted by atomic mass is 16.6. The van der Waals surface area contributed by atoms with Crippen molar-refractivity contribution in [2.24, 2.45) is 0 Å². The van der Waals surface area contributed by atoms with Crippen LogP contribution in [0.15, 0.2) is 214 Å². The molecule has 0 atom stereocenters. The van der Waals surface area contributed by atoms with Crippen LogP contribution in [0.4, 0.5) is 0 Å². The normalized spacial score (nSPS) is 11.1. The Labute approximate surface area is 560 Å². The van der Waals surface area contributed by atoms with Crippen LogP contribution in [0.2, 0.25) is 0 Å². The van der Waals surface area contributed by atoms with E-state index in [2.05, 4.69) is 47.4 Å². The van der Waals surface area contributed by atoms with Gasteiger partial charge in [0.1, 0.15) is 74.1 Å². The molecule has 0 aliphatic heterocycles. The standard InChI is InChI=1S/C77H81N5O14/c1-3-5-36-89-66-24-26-67(27-25-66)92-52-46-85-40-38-83-44-50-90-64-20-12-58(13-21-64)72-32-16-60-10-11-61-17-33-73(82-77(61)76(60)81-72)59-14-22-65(23-15-59)91-51-45-84-39-41-86-47-53-93-68-28-30-69(31-29-68)94-54-48-87-42-43-88-49-55-96-75-35-19-63(57-79-75)71-9-7-8-70(80-71)62-18-34-74(78-56-62)95-37-6-4-2/h3-4,7-35,56-57H,1-2,5-6,36-55H2. The van der Waals surface area contributed by atoms with Crippen LogP contribution in [0, 0.1) is 0 Å². The number of pyridine rings is 5. The molecule has 0 aliphatic rings. The molecule has 0 bridgehead atoms. The fourth-order valence-electron chi connectivity index (χ4n) is 9.56. The summed E-state index contributed by atoms with van der Waals surface area (Å²) >= 11 is 0. The van der Waals surface area contributed by atoms with E-state index >= 15 is 0 Å². The summed E-state index contributed by atoms with van der Waals surface area (Å²) in [5.74, 6) is 5.58. The minimum atomic E-state index is 0.357. The van der Waals surface area contributed by atoms with E-state index in [4.69, 9.17) is 81.3 Å². The lowest BCUT2D eigenvalue weighted by Crippen LogP contribution is -2.14. The van der Waals surface area contributed by atoms with E-state index in [1.54, 1.807) is 12.4 Å². The molecule has 5 heterocycles. The molecule has 0 spiro atoms. The largest absolute Gasteiger partial charge is 0.493 e. The maximum atomic E-state index is 5.98. The molecule has 10 aromatic rings. The molecule has 0 fully saturated rings. The lowest BCUT2D eigenvalue weighted by molar-refractivity contribution is 0.0268. The van der Waals surface area contributed by atoms with E-state index in [0.29, 0.717) is 144 Å². The molecule has 0 radical (unpaired) electrons. The molecule has 0 saturated heterocycles. The monoisotopic (exact) mass is 1300 g/mol. The number of hydrogen-bond acceptors (Lipinski definition) is 19. The van der Waals surface area contributed by atoms with Crippen molar-refractivity contribution in [1.29, 1.82) is 0 Å². The molecule has 5 aromatic carbocycles. The van der Waals surface area contributed by atoms with Crippen LogP contribution in [0.3, 0.4) is 0 Å². The summed E-state index contributed by atoms with van der Waals surface area (Å²) in [7, 11) is 0. The Kier molecular flexibility index (Phi) is 28.0. The van der Waals surface area contributed by atoms with Gasteiger partial charge in [0.05, 0.1) is 126 Å². The summed E-state index contributed by atoms with van der Waals surface area (Å²) < 4.78 is 80.5. The average molecular weight is 1300 g/mol. The van der Waals surface area contributed by atoms with Crippen LogP contribution >= 0.6 is 0 Å². The van der Waals surface area contributed by atoms with Crippen molar-refractivity contribution in [2.45, 2.75) is 12.8 Å². The van der Waals surface area contributed by atoms with E-state index < -0.39 is 0 Å². The Morgan fingerprint density at radius 3 is 0.854 bits per heavy atom. The Hall–Kier alpha value is -9.99. The first-order chi connectivity index (χ1) is 47.5. The van der Waals surface area contributed by atoms with Gasteiger partial charge in [-0.15, -0.1) is 13.2 Å². The Morgan fingerprint density at radius 2 is 0.521 bits per heavy atom. The van der Waals surface area contributed by atoms with Gasteiger partial charge in [-0.25, -0.2) is 24.9 Å². The van der Waals surface area contributed by atoms with E-state index in [-0.39, 0.29) is 0 Å². The second kappa shape index (κ2) is 39.0. The van der Waals surface area contributed by atoms with E-state index in [1.165, 1.54) is 0 Å². The third kappa shape index (κ3) is 22.6. The maximum absolute atomic E-state index is 5.98. The predicted octanol–water partition coefficient (Wildman–Crippen LogP) is 14.0. The van der Waals surface area contributed by atoms with Gasteiger partial charge in [-0.1, -0.05) is 42.5 Å². The van der Waals surface area contributed by atoms with Gasteiger partial charge in [0.2, 0.25) is 11.8 Å². The van der Waals surface area contributed by atoms with Crippen molar-refractivity contribution in [3.8, 4) is 91.3 Å². The van der Waals surface area contributed by atoms with Gasteiger partial charge in [0.15, 0.2) is 0 Å². The number of nitrogens with zero attached hydrogens (tertiary/aromatic N) is 5. The molecular weight excluding hydrogens is 1220 g/mol. The maximum Gasteiger partial charge on any atom is 0.213 e. The zero-order valence-electron chi connectivity index (χ0n) is 54.0. The van der Waals surface area contributed by atoms with Crippen LogP contribution in [0.5, 0.6) is 46.3 Å². The van der Waals surface area contributed by atoms with Gasteiger partial charge in [-0.05, 0) is 146 Å². The first kappa shape index (κ1) is 68.9. The van der Waals surface area contributed by atoms with Crippen molar-refractivity contribution in [3.05, 3.63) is 214 Å². The molecule has 19 nitrogen and oxygen atoms in total. The predicted molar refractivity (Wildman–Crippen MR) is 370 cm³/mol. The molecule has 498 valence electrons. The topological polar surface area (TPSA) is 194 Å². The molecule has 19 heteroatoms. The van der Waals surface area contributed by atoms with Gasteiger partial charge >= 0.3 is 0 Å². The van der Waals surface area contributed by atoms with Crippen molar-refractivity contribution >= 4 is 21.8 Å². The summed E-state index contributed by atoms with van der Waals surface area (Å²) in [6.07, 6.45) is 8.72. The number of aromatic nitrogens is 5. The second-order valence-electron chi connectivity index (χ2n) is 21.4. The van der Waals surface area contributed by atoms with Gasteiger partial charge in [-0.2, -0.15) is 0 Å². The first-order valence-corrected chi connectivity index (χ1v) is 32.3. The van der Waals surface area contributed by atoms with Crippen LogP contribution in [-0.2, 0) is 28.4 Å². The highest BCUT2D eigenvalue weighted by molar-refractivity contribution is 6.04. The lowest BCUT2D eigenvalue weighted by atomic mass is 10.1. The Bertz CT molecular complexity index is 3900. The molecule has 0 saturated carbocycles. The number of hydrogen-bond donors (Lipinski definition) is 0. The third-order valence-electron chi connectivity index (χ3n) is 14.5. The summed E-state index contributed by atoms with van der Waals surface area (Å²) in [6, 6.07) is 56.7. The smallest absolute Gasteiger partial charge is 0.213 e. The van der Waals surface area contributed by atoms with Crippen molar-refractivity contribution < 1.29 is 66.3 Å². The van der Waals surface area contributed by atoms with Crippen LogP contribution in [0.25, 0.3) is 66.8 Å². The van der Waals surface area contributed by atoms with E-state index in [0.717, 1.165) is 114 Å². The average Bonchev–Trinajstić information content (AvgIpc) is 0.781. The van der Waals surface area contributed by atoms with E-state index in [1.807, 2.05) is 164 Å². The fourth-order valence-corrected chi connectivity index (χ4v) is 9.56. The van der Waals surface area contributed by atoms with Gasteiger partial charge < -0.3 is 66.3 Å². The Balaban J connectivity index is 0.526. The fraction of sp³-hybridized carbons (Fsp3) is 0.286. The van der Waals surface area contributed by atoms with Crippen LogP contribution < -0.4 is 37.9 Å². The number of ether oxygens (including phenoxy) is 14. The number of benzene rings is 5. The molecule has 0 amide bonds. The highest BCUT2D eigenvalue weighted by Crippen LogP contribution is 2.31. The summed E-state index contributed by atoms with van der Waals surface area (Å²) in [5.41, 5.74) is 8.66. The van der Waals surface area contributed by atoms with Crippen molar-refractivity contribution in [3.63, 3.8) is 0 Å². The molecule has 0 unspecified atom stereocenters. The molecule has 10 rings (SSSR count). The zero-order valence-corrected chi connectivity index (χ0v) is 54.0. The van der Waals surface area contributed by atoms with Crippen LogP contribution in [-0.4, -0.2) is 157 Å². The summed E-state index contributed by atoms with van der Waals surface area (Å²) in [4.78, 5) is 23.9. The highest BCUT2D eigenvalue weighted by Gasteiger charge is 2.12. The molecular formula is C77H81N5O14. The lowest BCUT2D eigenvalue weighted by Gasteiger charge is -2.11. The second-order valence-corrected chi connectivity index (χ2v) is 21.4. The van der Waals surface area contributed by atoms with Crippen LogP contribution in [0.1, 0.15) is 12.8 Å². The van der Waals surface area contributed by atoms with Crippen molar-refractivity contribution in [2.75, 3.05) is 132 Å². The Morgan fingerprint density at radius 1 is 0.250 bits per heavy atom. The quantitative estimate of drug-likeness (QED) is 0.0198. The van der Waals surface area contributed by atoms with Crippen molar-refractivity contribution in [1.82, 2.24) is 24.9 Å². The first-order valence-electron chi connectivity index (χ1n) is 32.3. The minimum absolute atomic E-state index is 0.357. The van der Waals surface area contributed by atoms with E-state index in [9.17, 15) is 0 Å². The molecule has 0 aliphatic carbocycles. The molecule has 0 N–H and O–H groups in total. The summed E-state index contributed by atoms with van der Waals surface area (Å²) in [6.45, 7) is 16.2. The number of rotatable bonds is 45. The zero-order chi connectivity index (χ0) is 65.9. The third-order valence-corrected chi connectivity index (χ3v) is 14.5.